The van der Waals surface area contributed by atoms with Gasteiger partial charge >= 0.3 is 6.18 Å². The molecule has 2 aromatic heterocycles. The van der Waals surface area contributed by atoms with E-state index in [1.807, 2.05) is 30.3 Å². The molecule has 1 aliphatic rings. The van der Waals surface area contributed by atoms with Gasteiger partial charge < -0.3 is 5.32 Å². The van der Waals surface area contributed by atoms with Crippen molar-refractivity contribution < 1.29 is 18.0 Å². The quantitative estimate of drug-likeness (QED) is 0.747. The Balaban J connectivity index is 1.67. The maximum Gasteiger partial charge on any atom is 0.433 e. The Kier molecular flexibility index (Phi) is 4.13. The molecule has 3 aromatic rings. The predicted molar refractivity (Wildman–Crippen MR) is 92.3 cm³/mol. The van der Waals surface area contributed by atoms with E-state index in [-0.39, 0.29) is 23.3 Å². The van der Waals surface area contributed by atoms with E-state index in [9.17, 15) is 18.0 Å². The molecule has 8 heteroatoms. The van der Waals surface area contributed by atoms with Gasteiger partial charge in [0.1, 0.15) is 5.69 Å². The number of carbonyl (C=O) groups is 1. The van der Waals surface area contributed by atoms with Crippen LogP contribution in [0.5, 0.6) is 0 Å². The first-order valence-electron chi connectivity index (χ1n) is 8.66. The van der Waals surface area contributed by atoms with Gasteiger partial charge in [0.25, 0.3) is 5.91 Å². The van der Waals surface area contributed by atoms with E-state index in [0.29, 0.717) is 10.2 Å². The molecule has 2 heterocycles. The molecule has 1 saturated carbocycles. The summed E-state index contributed by atoms with van der Waals surface area (Å²) in [6, 6.07) is 11.3. The fraction of sp³-hybridized carbons (Fsp3) is 0.316. The predicted octanol–water partition coefficient (Wildman–Crippen LogP) is 4.12. The third kappa shape index (κ3) is 3.51. The maximum absolute atomic E-state index is 13.4. The van der Waals surface area contributed by atoms with Gasteiger partial charge in [0.05, 0.1) is 6.04 Å². The van der Waals surface area contributed by atoms with Crippen LogP contribution in [-0.4, -0.2) is 20.5 Å². The van der Waals surface area contributed by atoms with E-state index in [1.165, 1.54) is 6.07 Å². The van der Waals surface area contributed by atoms with Crippen LogP contribution >= 0.6 is 0 Å². The molecule has 1 N–H and O–H groups in total. The van der Waals surface area contributed by atoms with Crippen molar-refractivity contribution in [1.82, 2.24) is 19.9 Å². The summed E-state index contributed by atoms with van der Waals surface area (Å²) >= 11 is 0. The van der Waals surface area contributed by atoms with Crippen LogP contribution in [0, 0.1) is 0 Å². The molecule has 0 saturated heterocycles. The van der Waals surface area contributed by atoms with Crippen LogP contribution in [0.4, 0.5) is 13.2 Å². The number of halogens is 3. The van der Waals surface area contributed by atoms with Crippen LogP contribution in [0.25, 0.3) is 5.65 Å². The summed E-state index contributed by atoms with van der Waals surface area (Å²) in [6.45, 7) is 1.80. The summed E-state index contributed by atoms with van der Waals surface area (Å²) in [5, 5.41) is 6.63. The monoisotopic (exact) mass is 374 g/mol. The van der Waals surface area contributed by atoms with E-state index >= 15 is 0 Å². The summed E-state index contributed by atoms with van der Waals surface area (Å²) in [4.78, 5) is 16.8. The molecule has 0 aliphatic heterocycles. The van der Waals surface area contributed by atoms with Gasteiger partial charge in [-0.2, -0.15) is 18.3 Å². The fourth-order valence-corrected chi connectivity index (χ4v) is 2.99. The maximum atomic E-state index is 13.4. The van der Waals surface area contributed by atoms with Gasteiger partial charge in [-0.15, -0.1) is 0 Å². The second kappa shape index (κ2) is 6.37. The largest absolute Gasteiger partial charge is 0.433 e. The fourth-order valence-electron chi connectivity index (χ4n) is 2.99. The first kappa shape index (κ1) is 17.5. The smallest absolute Gasteiger partial charge is 0.344 e. The lowest BCUT2D eigenvalue weighted by Crippen LogP contribution is -2.27. The van der Waals surface area contributed by atoms with E-state index in [2.05, 4.69) is 15.4 Å². The van der Waals surface area contributed by atoms with Crippen molar-refractivity contribution in [2.24, 2.45) is 0 Å². The summed E-state index contributed by atoms with van der Waals surface area (Å²) in [5.74, 6) is -0.487. The van der Waals surface area contributed by atoms with Gasteiger partial charge in [-0.05, 0) is 31.4 Å². The van der Waals surface area contributed by atoms with Crippen molar-refractivity contribution in [1.29, 1.82) is 0 Å². The summed E-state index contributed by atoms with van der Waals surface area (Å²) in [5.41, 5.74) is 0.316. The standard InChI is InChI=1S/C19H17F3N4O/c1-11(12-5-3-2-4-6-12)23-18(27)15-10-17-24-14(13-7-8-13)9-16(19(20,21)22)26(17)25-15/h2-6,9-11,13H,7-8H2,1H3,(H,23,27). The van der Waals surface area contributed by atoms with Crippen molar-refractivity contribution in [3.63, 3.8) is 0 Å². The highest BCUT2D eigenvalue weighted by Gasteiger charge is 2.37. The second-order valence-electron chi connectivity index (χ2n) is 6.74. The highest BCUT2D eigenvalue weighted by atomic mass is 19.4. The molecule has 1 unspecified atom stereocenters. The Morgan fingerprint density at radius 3 is 2.56 bits per heavy atom. The zero-order valence-electron chi connectivity index (χ0n) is 14.5. The third-order valence-electron chi connectivity index (χ3n) is 4.61. The third-order valence-corrected chi connectivity index (χ3v) is 4.61. The second-order valence-corrected chi connectivity index (χ2v) is 6.74. The van der Waals surface area contributed by atoms with Crippen molar-refractivity contribution in [3.05, 3.63) is 65.1 Å². The highest BCUT2D eigenvalue weighted by molar-refractivity contribution is 5.93. The zero-order valence-corrected chi connectivity index (χ0v) is 14.5. The minimum absolute atomic E-state index is 0.0317. The van der Waals surface area contributed by atoms with Crippen LogP contribution < -0.4 is 5.32 Å². The minimum atomic E-state index is -4.58. The van der Waals surface area contributed by atoms with Gasteiger partial charge in [0.2, 0.25) is 0 Å². The Morgan fingerprint density at radius 2 is 1.93 bits per heavy atom. The molecule has 0 radical (unpaired) electrons. The van der Waals surface area contributed by atoms with E-state index < -0.39 is 17.8 Å². The number of rotatable bonds is 4. The average Bonchev–Trinajstić information content (AvgIpc) is 3.39. The van der Waals surface area contributed by atoms with Gasteiger partial charge in [0, 0.05) is 17.7 Å². The van der Waals surface area contributed by atoms with Crippen LogP contribution in [-0.2, 0) is 6.18 Å². The number of nitrogens with zero attached hydrogens (tertiary/aromatic N) is 3. The summed E-state index contributed by atoms with van der Waals surface area (Å²) in [7, 11) is 0. The van der Waals surface area contributed by atoms with Crippen molar-refractivity contribution in [2.75, 3.05) is 0 Å². The Morgan fingerprint density at radius 1 is 1.22 bits per heavy atom. The van der Waals surface area contributed by atoms with Gasteiger partial charge in [-0.25, -0.2) is 9.50 Å². The molecule has 27 heavy (non-hydrogen) atoms. The van der Waals surface area contributed by atoms with Crippen molar-refractivity contribution in [2.45, 2.75) is 37.9 Å². The average molecular weight is 374 g/mol. The lowest BCUT2D eigenvalue weighted by Gasteiger charge is -2.13. The molecular formula is C19H17F3N4O. The van der Waals surface area contributed by atoms with Crippen LogP contribution in [0.2, 0.25) is 0 Å². The summed E-state index contributed by atoms with van der Waals surface area (Å²) < 4.78 is 41.0. The zero-order chi connectivity index (χ0) is 19.2. The van der Waals surface area contributed by atoms with E-state index in [4.69, 9.17) is 0 Å². The molecule has 140 valence electrons. The highest BCUT2D eigenvalue weighted by Crippen LogP contribution is 2.41. The molecule has 1 atom stereocenters. The van der Waals surface area contributed by atoms with Crippen molar-refractivity contribution in [3.8, 4) is 0 Å². The normalized spacial score (nSPS) is 15.7. The number of hydrogen-bond donors (Lipinski definition) is 1. The molecule has 1 fully saturated rings. The molecular weight excluding hydrogens is 357 g/mol. The molecule has 1 aliphatic carbocycles. The topological polar surface area (TPSA) is 59.3 Å². The van der Waals surface area contributed by atoms with Crippen LogP contribution in [0.1, 0.15) is 59.2 Å². The van der Waals surface area contributed by atoms with Gasteiger partial charge in [0.15, 0.2) is 11.3 Å². The van der Waals surface area contributed by atoms with E-state index in [0.717, 1.165) is 24.5 Å². The molecule has 1 amide bonds. The molecule has 0 bridgehead atoms. The van der Waals surface area contributed by atoms with Gasteiger partial charge in [-0.1, -0.05) is 30.3 Å². The SMILES string of the molecule is CC(NC(=O)c1cc2nc(C3CC3)cc(C(F)(F)F)n2n1)c1ccccc1. The number of hydrogen-bond acceptors (Lipinski definition) is 3. The number of fused-ring (bicyclic) bond motifs is 1. The number of benzene rings is 1. The Hall–Kier alpha value is -2.90. The Labute approximate surface area is 153 Å². The summed E-state index contributed by atoms with van der Waals surface area (Å²) in [6.07, 6.45) is -2.92. The molecule has 5 nitrogen and oxygen atoms in total. The van der Waals surface area contributed by atoms with Gasteiger partial charge in [-0.3, -0.25) is 4.79 Å². The lowest BCUT2D eigenvalue weighted by atomic mass is 10.1. The Bertz CT molecular complexity index is 993. The first-order valence-corrected chi connectivity index (χ1v) is 8.66. The van der Waals surface area contributed by atoms with Crippen molar-refractivity contribution >= 4 is 11.6 Å². The number of nitrogens with one attached hydrogen (secondary N) is 1. The molecule has 1 aromatic carbocycles. The van der Waals surface area contributed by atoms with E-state index in [1.54, 1.807) is 6.92 Å². The minimum Gasteiger partial charge on any atom is -0.344 e. The van der Waals surface area contributed by atoms with Crippen LogP contribution in [0.3, 0.4) is 0 Å². The first-order chi connectivity index (χ1) is 12.8. The number of alkyl halides is 3. The van der Waals surface area contributed by atoms with Crippen LogP contribution in [0.15, 0.2) is 42.5 Å². The molecule has 0 spiro atoms. The molecule has 4 rings (SSSR count). The number of amides is 1. The lowest BCUT2D eigenvalue weighted by molar-refractivity contribution is -0.142. The number of aromatic nitrogens is 3. The number of carbonyl (C=O) groups excluding carboxylic acids is 1.